The Hall–Kier alpha value is -3.26. The molecule has 0 aliphatic heterocycles. The SMILES string of the molecule is CCOc1ccccc1N=Nc1c(-c2ccccc2)[nH]n(C(N)=S)c1=O. The van der Waals surface area contributed by atoms with Crippen molar-refractivity contribution in [1.82, 2.24) is 9.78 Å². The highest BCUT2D eigenvalue weighted by Gasteiger charge is 2.17. The molecule has 0 atom stereocenters. The first-order chi connectivity index (χ1) is 12.6. The Balaban J connectivity index is 2.10. The smallest absolute Gasteiger partial charge is 0.301 e. The second-order valence-corrected chi connectivity index (χ2v) is 5.70. The van der Waals surface area contributed by atoms with E-state index < -0.39 is 5.56 Å². The normalized spacial score (nSPS) is 11.0. The highest BCUT2D eigenvalue weighted by molar-refractivity contribution is 7.80. The van der Waals surface area contributed by atoms with Gasteiger partial charge in [-0.25, -0.2) is 0 Å². The number of nitrogens with one attached hydrogen (secondary N) is 1. The number of rotatable bonds is 5. The average Bonchev–Trinajstić information content (AvgIpc) is 2.99. The molecule has 0 unspecified atom stereocenters. The molecule has 26 heavy (non-hydrogen) atoms. The van der Waals surface area contributed by atoms with Gasteiger partial charge in [-0.3, -0.25) is 9.89 Å². The number of para-hydroxylation sites is 1. The van der Waals surface area contributed by atoms with Gasteiger partial charge in [0.1, 0.15) is 11.4 Å². The lowest BCUT2D eigenvalue weighted by Gasteiger charge is -2.04. The molecule has 0 saturated heterocycles. The molecule has 1 heterocycles. The zero-order valence-corrected chi connectivity index (χ0v) is 14.9. The van der Waals surface area contributed by atoms with Crippen molar-refractivity contribution >= 4 is 28.7 Å². The minimum absolute atomic E-state index is 0.0941. The Bertz CT molecular complexity index is 1010. The molecule has 3 rings (SSSR count). The fourth-order valence-electron chi connectivity index (χ4n) is 2.40. The summed E-state index contributed by atoms with van der Waals surface area (Å²) in [4.78, 5) is 12.6. The third-order valence-electron chi connectivity index (χ3n) is 3.57. The molecule has 0 aliphatic carbocycles. The second-order valence-electron chi connectivity index (χ2n) is 5.28. The van der Waals surface area contributed by atoms with Crippen LogP contribution in [0.5, 0.6) is 5.75 Å². The van der Waals surface area contributed by atoms with E-state index in [0.29, 0.717) is 23.7 Å². The predicted octanol–water partition coefficient (Wildman–Crippen LogP) is 3.75. The molecule has 0 spiro atoms. The molecule has 7 nitrogen and oxygen atoms in total. The van der Waals surface area contributed by atoms with Crippen LogP contribution >= 0.6 is 12.2 Å². The zero-order chi connectivity index (χ0) is 18.5. The Labute approximate surface area is 155 Å². The van der Waals surface area contributed by atoms with Gasteiger partial charge in [-0.2, -0.15) is 4.68 Å². The number of nitrogens with two attached hydrogens (primary N) is 1. The van der Waals surface area contributed by atoms with Gasteiger partial charge in [-0.15, -0.1) is 10.2 Å². The lowest BCUT2D eigenvalue weighted by atomic mass is 10.1. The van der Waals surface area contributed by atoms with Gasteiger partial charge < -0.3 is 10.5 Å². The number of benzene rings is 2. The Morgan fingerprint density at radius 3 is 2.54 bits per heavy atom. The molecule has 0 saturated carbocycles. The van der Waals surface area contributed by atoms with Crippen LogP contribution in [0.2, 0.25) is 0 Å². The van der Waals surface area contributed by atoms with Crippen molar-refractivity contribution in [1.29, 1.82) is 0 Å². The van der Waals surface area contributed by atoms with Gasteiger partial charge in [0.25, 0.3) is 0 Å². The molecule has 0 fully saturated rings. The summed E-state index contributed by atoms with van der Waals surface area (Å²) in [6.45, 7) is 2.38. The lowest BCUT2D eigenvalue weighted by molar-refractivity contribution is 0.341. The fraction of sp³-hybridized carbons (Fsp3) is 0.111. The summed E-state index contributed by atoms with van der Waals surface area (Å²) in [6.07, 6.45) is 0. The van der Waals surface area contributed by atoms with Gasteiger partial charge in [-0.05, 0) is 31.3 Å². The summed E-state index contributed by atoms with van der Waals surface area (Å²) in [5, 5.41) is 11.2. The van der Waals surface area contributed by atoms with Gasteiger partial charge in [0.05, 0.1) is 12.3 Å². The maximum atomic E-state index is 12.6. The molecular formula is C18H17N5O2S. The Kier molecular flexibility index (Phi) is 5.23. The summed E-state index contributed by atoms with van der Waals surface area (Å²) >= 11 is 4.92. The maximum Gasteiger partial charge on any atom is 0.301 e. The first-order valence-corrected chi connectivity index (χ1v) is 8.36. The molecule has 0 bridgehead atoms. The molecule has 0 radical (unpaired) electrons. The molecular weight excluding hydrogens is 350 g/mol. The number of thiocarbonyl (C=S) groups is 1. The van der Waals surface area contributed by atoms with E-state index in [-0.39, 0.29) is 10.8 Å². The van der Waals surface area contributed by atoms with Crippen LogP contribution < -0.4 is 16.0 Å². The maximum absolute atomic E-state index is 12.6. The monoisotopic (exact) mass is 367 g/mol. The number of hydrogen-bond acceptors (Lipinski definition) is 5. The largest absolute Gasteiger partial charge is 0.492 e. The van der Waals surface area contributed by atoms with E-state index in [1.165, 1.54) is 0 Å². The first-order valence-electron chi connectivity index (χ1n) is 7.95. The third kappa shape index (κ3) is 3.55. The van der Waals surface area contributed by atoms with Gasteiger partial charge >= 0.3 is 5.56 Å². The molecule has 1 aromatic heterocycles. The summed E-state index contributed by atoms with van der Waals surface area (Å²) in [7, 11) is 0. The Morgan fingerprint density at radius 2 is 1.85 bits per heavy atom. The van der Waals surface area contributed by atoms with Crippen molar-refractivity contribution < 1.29 is 4.74 Å². The zero-order valence-electron chi connectivity index (χ0n) is 14.0. The summed E-state index contributed by atoms with van der Waals surface area (Å²) in [6, 6.07) is 16.5. The van der Waals surface area contributed by atoms with Crippen LogP contribution in [0, 0.1) is 0 Å². The van der Waals surface area contributed by atoms with Crippen molar-refractivity contribution in [3.63, 3.8) is 0 Å². The molecule has 0 aliphatic rings. The fourth-order valence-corrected chi connectivity index (χ4v) is 2.53. The van der Waals surface area contributed by atoms with E-state index in [1.807, 2.05) is 49.4 Å². The quantitative estimate of drug-likeness (QED) is 0.530. The lowest BCUT2D eigenvalue weighted by Crippen LogP contribution is -2.29. The number of aromatic nitrogens is 2. The van der Waals surface area contributed by atoms with Crippen molar-refractivity contribution in [3.8, 4) is 17.0 Å². The van der Waals surface area contributed by atoms with Gasteiger partial charge in [0.2, 0.25) is 0 Å². The van der Waals surface area contributed by atoms with Crippen LogP contribution in [0.25, 0.3) is 11.3 Å². The first kappa shape index (κ1) is 17.6. The van der Waals surface area contributed by atoms with E-state index in [0.717, 1.165) is 10.2 Å². The van der Waals surface area contributed by atoms with E-state index >= 15 is 0 Å². The van der Waals surface area contributed by atoms with Crippen LogP contribution in [0.1, 0.15) is 6.92 Å². The van der Waals surface area contributed by atoms with Gasteiger partial charge in [0.15, 0.2) is 10.8 Å². The minimum Gasteiger partial charge on any atom is -0.492 e. The van der Waals surface area contributed by atoms with Crippen molar-refractivity contribution in [2.24, 2.45) is 16.0 Å². The van der Waals surface area contributed by atoms with Gasteiger partial charge in [-0.1, -0.05) is 42.5 Å². The molecule has 132 valence electrons. The number of nitrogens with zero attached hydrogens (tertiary/aromatic N) is 3. The van der Waals surface area contributed by atoms with E-state index in [1.54, 1.807) is 12.1 Å². The van der Waals surface area contributed by atoms with Crippen LogP contribution in [0.3, 0.4) is 0 Å². The van der Waals surface area contributed by atoms with Crippen LogP contribution in [0.15, 0.2) is 69.6 Å². The minimum atomic E-state index is -0.464. The highest BCUT2D eigenvalue weighted by Crippen LogP contribution is 2.31. The molecule has 3 N–H and O–H groups in total. The third-order valence-corrected chi connectivity index (χ3v) is 3.75. The molecule has 2 aromatic carbocycles. The van der Waals surface area contributed by atoms with E-state index in [4.69, 9.17) is 22.7 Å². The second kappa shape index (κ2) is 7.75. The van der Waals surface area contributed by atoms with E-state index in [2.05, 4.69) is 15.3 Å². The van der Waals surface area contributed by atoms with Crippen LogP contribution in [0.4, 0.5) is 11.4 Å². The number of H-pyrrole nitrogens is 1. The number of azo groups is 1. The predicted molar refractivity (Wildman–Crippen MR) is 104 cm³/mol. The van der Waals surface area contributed by atoms with Crippen LogP contribution in [-0.2, 0) is 0 Å². The number of ether oxygens (including phenoxy) is 1. The average molecular weight is 367 g/mol. The van der Waals surface area contributed by atoms with Crippen molar-refractivity contribution in [2.45, 2.75) is 6.92 Å². The topological polar surface area (TPSA) is 97.8 Å². The molecule has 3 aromatic rings. The number of aromatic amines is 1. The summed E-state index contributed by atoms with van der Waals surface area (Å²) in [5.74, 6) is 0.588. The molecule has 8 heteroatoms. The van der Waals surface area contributed by atoms with E-state index in [9.17, 15) is 4.79 Å². The van der Waals surface area contributed by atoms with Crippen molar-refractivity contribution in [3.05, 3.63) is 65.0 Å². The molecule has 0 amide bonds. The van der Waals surface area contributed by atoms with Crippen LogP contribution in [-0.4, -0.2) is 21.5 Å². The summed E-state index contributed by atoms with van der Waals surface area (Å²) in [5.41, 5.74) is 7.05. The Morgan fingerprint density at radius 1 is 1.15 bits per heavy atom. The standard InChI is InChI=1S/C18H17N5O2S/c1-2-25-14-11-7-6-10-13(14)20-21-16-15(12-8-4-3-5-9-12)22-23(17(16)24)18(19)26/h3-11,22H,2H2,1H3,(H2,19,26). The highest BCUT2D eigenvalue weighted by atomic mass is 32.1. The van der Waals surface area contributed by atoms with Crippen molar-refractivity contribution in [2.75, 3.05) is 6.61 Å². The number of hydrogen-bond donors (Lipinski definition) is 2. The van der Waals surface area contributed by atoms with Gasteiger partial charge in [0, 0.05) is 5.56 Å². The summed E-state index contributed by atoms with van der Waals surface area (Å²) < 4.78 is 6.60.